The summed E-state index contributed by atoms with van der Waals surface area (Å²) in [6, 6.07) is 13.0. The predicted molar refractivity (Wildman–Crippen MR) is 130 cm³/mol. The van der Waals surface area contributed by atoms with Crippen molar-refractivity contribution < 1.29 is 18.7 Å². The lowest BCUT2D eigenvalue weighted by Gasteiger charge is -2.39. The van der Waals surface area contributed by atoms with Gasteiger partial charge in [-0.2, -0.15) is 0 Å². The molecule has 3 aromatic carbocycles. The number of nitrogens with one attached hydrogen (secondary N) is 1. The van der Waals surface area contributed by atoms with Gasteiger partial charge < -0.3 is 19.7 Å². The number of amides is 1. The van der Waals surface area contributed by atoms with Gasteiger partial charge in [0.25, 0.3) is 5.91 Å². The normalized spacial score (nSPS) is 14.3. The van der Waals surface area contributed by atoms with Gasteiger partial charge in [0, 0.05) is 24.2 Å². The van der Waals surface area contributed by atoms with Gasteiger partial charge in [0.2, 0.25) is 0 Å². The van der Waals surface area contributed by atoms with Crippen molar-refractivity contribution in [1.82, 2.24) is 0 Å². The summed E-state index contributed by atoms with van der Waals surface area (Å²) in [5.74, 6) is 0.416. The maximum Gasteiger partial charge on any atom is 0.251 e. The van der Waals surface area contributed by atoms with Crippen LogP contribution in [0.5, 0.6) is 11.5 Å². The fourth-order valence-corrected chi connectivity index (χ4v) is 4.27. The molecule has 1 amide bonds. The minimum absolute atomic E-state index is 0.0461. The van der Waals surface area contributed by atoms with E-state index in [-0.39, 0.29) is 18.2 Å². The minimum Gasteiger partial charge on any atom is -0.496 e. The number of anilines is 2. The van der Waals surface area contributed by atoms with Gasteiger partial charge in [-0.15, -0.1) is 4.91 Å². The fraction of sp³-hybridized carbons (Fsp3) is 0.269. The largest absolute Gasteiger partial charge is 0.496 e. The number of likely N-dealkylation sites (N-methyl/N-ethyl adjacent to an activating group) is 1. The van der Waals surface area contributed by atoms with Crippen LogP contribution < -0.4 is 19.7 Å². The third kappa shape index (κ3) is 4.07. The van der Waals surface area contributed by atoms with Crippen molar-refractivity contribution in [2.75, 3.05) is 24.4 Å². The first-order valence-electron chi connectivity index (χ1n) is 10.8. The van der Waals surface area contributed by atoms with E-state index in [0.717, 1.165) is 11.3 Å². The maximum absolute atomic E-state index is 13.9. The molecule has 4 rings (SSSR count). The van der Waals surface area contributed by atoms with Crippen molar-refractivity contribution in [3.63, 3.8) is 0 Å². The molecule has 3 aromatic rings. The molecule has 0 bridgehead atoms. The van der Waals surface area contributed by atoms with Crippen LogP contribution in [0, 0.1) is 17.6 Å². The maximum atomic E-state index is 13.9. The molecule has 0 atom stereocenters. The molecule has 0 saturated carbocycles. The number of rotatable bonds is 6. The van der Waals surface area contributed by atoms with Crippen molar-refractivity contribution in [3.05, 3.63) is 70.4 Å². The Bertz CT molecular complexity index is 1290. The molecule has 0 spiro atoms. The highest BCUT2D eigenvalue weighted by Crippen LogP contribution is 2.45. The summed E-state index contributed by atoms with van der Waals surface area (Å²) in [4.78, 5) is 25.9. The lowest BCUT2D eigenvalue weighted by Crippen LogP contribution is -2.52. The predicted octanol–water partition coefficient (Wildman–Crippen LogP) is 5.95. The smallest absolute Gasteiger partial charge is 0.251 e. The highest BCUT2D eigenvalue weighted by atomic mass is 19.1. The van der Waals surface area contributed by atoms with Crippen LogP contribution >= 0.6 is 0 Å². The van der Waals surface area contributed by atoms with Crippen LogP contribution in [-0.4, -0.2) is 25.6 Å². The third-order valence-corrected chi connectivity index (χ3v) is 6.01. The zero-order chi connectivity index (χ0) is 24.6. The van der Waals surface area contributed by atoms with Gasteiger partial charge in [0.15, 0.2) is 0 Å². The topological polar surface area (TPSA) is 80.2 Å². The van der Waals surface area contributed by atoms with Crippen molar-refractivity contribution in [2.24, 2.45) is 5.18 Å². The van der Waals surface area contributed by atoms with Crippen LogP contribution in [0.4, 0.5) is 21.5 Å². The molecule has 34 heavy (non-hydrogen) atoms. The number of ether oxygens (including phenoxy) is 2. The van der Waals surface area contributed by atoms with Gasteiger partial charge in [-0.1, -0.05) is 12.1 Å². The summed E-state index contributed by atoms with van der Waals surface area (Å²) in [6.45, 7) is 5.51. The zero-order valence-electron chi connectivity index (χ0n) is 19.7. The van der Waals surface area contributed by atoms with Crippen molar-refractivity contribution in [2.45, 2.75) is 32.9 Å². The van der Waals surface area contributed by atoms with Gasteiger partial charge in [-0.05, 0) is 67.4 Å². The Balaban J connectivity index is 1.92. The van der Waals surface area contributed by atoms with Crippen molar-refractivity contribution in [3.8, 4) is 22.6 Å². The Labute approximate surface area is 197 Å². The van der Waals surface area contributed by atoms with Crippen LogP contribution in [0.3, 0.4) is 0 Å². The molecule has 7 nitrogen and oxygen atoms in total. The van der Waals surface area contributed by atoms with E-state index in [1.807, 2.05) is 32.9 Å². The Kier molecular flexibility index (Phi) is 6.00. The molecule has 1 aliphatic heterocycles. The van der Waals surface area contributed by atoms with Gasteiger partial charge >= 0.3 is 0 Å². The van der Waals surface area contributed by atoms with E-state index in [0.29, 0.717) is 33.9 Å². The highest BCUT2D eigenvalue weighted by Gasteiger charge is 2.38. The monoisotopic (exact) mass is 463 g/mol. The summed E-state index contributed by atoms with van der Waals surface area (Å²) < 4.78 is 25.5. The summed E-state index contributed by atoms with van der Waals surface area (Å²) in [7, 11) is 3.25. The molecular weight excluding hydrogens is 437 g/mol. The van der Waals surface area contributed by atoms with E-state index in [4.69, 9.17) is 9.47 Å². The second kappa shape index (κ2) is 8.78. The summed E-state index contributed by atoms with van der Waals surface area (Å²) in [5.41, 5.74) is 3.64. The second-order valence-corrected chi connectivity index (χ2v) is 8.78. The number of hydrogen-bond donors (Lipinski definition) is 1. The number of hydrogen-bond acceptors (Lipinski definition) is 6. The Hall–Kier alpha value is -3.94. The summed E-state index contributed by atoms with van der Waals surface area (Å²) in [5, 5.41) is 6.35. The number of benzene rings is 3. The van der Waals surface area contributed by atoms with E-state index in [1.165, 1.54) is 19.2 Å². The number of aryl methyl sites for hydroxylation is 1. The van der Waals surface area contributed by atoms with Crippen LogP contribution in [0.15, 0.2) is 53.7 Å². The number of nitroso groups, excluding NO2 is 1. The van der Waals surface area contributed by atoms with Gasteiger partial charge in [0.1, 0.15) is 35.1 Å². The first-order valence-corrected chi connectivity index (χ1v) is 10.8. The highest BCUT2D eigenvalue weighted by molar-refractivity contribution is 6.08. The molecular formula is C26H26FN3O4. The van der Waals surface area contributed by atoms with Crippen LogP contribution in [0.1, 0.15) is 25.0 Å². The first-order chi connectivity index (χ1) is 16.2. The third-order valence-electron chi connectivity index (χ3n) is 6.01. The molecule has 0 saturated heterocycles. The molecule has 1 N–H and O–H groups in total. The standard InChI is InChI=1S/C26H26FN3O4/c1-15-6-7-16(27)12-23(15)34-14-20-18(19-13-17(29-32)8-11-22(19)33-5)9-10-21-24(20)30(4)25(31)26(2,3)28-21/h6-13,28H,14H2,1-5H3. The van der Waals surface area contributed by atoms with E-state index in [9.17, 15) is 14.1 Å². The number of carbonyl (C=O) groups excluding carboxylic acids is 1. The molecule has 0 radical (unpaired) electrons. The van der Waals surface area contributed by atoms with Crippen LogP contribution in [-0.2, 0) is 11.4 Å². The minimum atomic E-state index is -0.792. The number of carbonyl (C=O) groups is 1. The zero-order valence-corrected chi connectivity index (χ0v) is 19.7. The molecule has 0 aromatic heterocycles. The molecule has 0 unspecified atom stereocenters. The molecule has 176 valence electrons. The second-order valence-electron chi connectivity index (χ2n) is 8.78. The van der Waals surface area contributed by atoms with Gasteiger partial charge in [-0.3, -0.25) is 4.79 Å². The Morgan fingerprint density at radius 3 is 2.53 bits per heavy atom. The van der Waals surface area contributed by atoms with Crippen LogP contribution in [0.25, 0.3) is 11.1 Å². The number of nitrogens with zero attached hydrogens (tertiary/aromatic N) is 2. The average Bonchev–Trinajstić information content (AvgIpc) is 2.82. The van der Waals surface area contributed by atoms with E-state index >= 15 is 0 Å². The van der Waals surface area contributed by atoms with Gasteiger partial charge in [-0.25, -0.2) is 4.39 Å². The molecule has 8 heteroatoms. The lowest BCUT2D eigenvalue weighted by molar-refractivity contribution is -0.121. The SMILES string of the molecule is COc1ccc(N=O)cc1-c1ccc2c(c1COc1cc(F)ccc1C)N(C)C(=O)C(C)(C)N2. The Morgan fingerprint density at radius 2 is 1.82 bits per heavy atom. The summed E-state index contributed by atoms with van der Waals surface area (Å²) in [6.07, 6.45) is 0. The number of halogens is 1. The fourth-order valence-electron chi connectivity index (χ4n) is 4.27. The van der Waals surface area contributed by atoms with E-state index in [2.05, 4.69) is 10.5 Å². The van der Waals surface area contributed by atoms with Crippen LogP contribution in [0.2, 0.25) is 0 Å². The Morgan fingerprint density at radius 1 is 1.06 bits per heavy atom. The number of fused-ring (bicyclic) bond motifs is 1. The quantitative estimate of drug-likeness (QED) is 0.457. The average molecular weight is 464 g/mol. The molecule has 1 aliphatic rings. The van der Waals surface area contributed by atoms with Crippen molar-refractivity contribution >= 4 is 23.0 Å². The van der Waals surface area contributed by atoms with Gasteiger partial charge in [0.05, 0.1) is 18.5 Å². The van der Waals surface area contributed by atoms with Crippen molar-refractivity contribution in [1.29, 1.82) is 0 Å². The first kappa shape index (κ1) is 23.2. The molecule has 0 fully saturated rings. The lowest BCUT2D eigenvalue weighted by atomic mass is 9.91. The number of methoxy groups -OCH3 is 1. The van der Waals surface area contributed by atoms with E-state index in [1.54, 1.807) is 36.2 Å². The van der Waals surface area contributed by atoms with E-state index < -0.39 is 11.4 Å². The summed E-state index contributed by atoms with van der Waals surface area (Å²) >= 11 is 0. The molecule has 1 heterocycles. The molecule has 0 aliphatic carbocycles.